The van der Waals surface area contributed by atoms with Gasteiger partial charge in [-0.2, -0.15) is 0 Å². The minimum absolute atomic E-state index is 0.128. The summed E-state index contributed by atoms with van der Waals surface area (Å²) in [6.07, 6.45) is 6.18. The summed E-state index contributed by atoms with van der Waals surface area (Å²) in [4.78, 5) is 0. The summed E-state index contributed by atoms with van der Waals surface area (Å²) in [6.45, 7) is 16.9. The third-order valence-electron chi connectivity index (χ3n) is 4.25. The van der Waals surface area contributed by atoms with E-state index < -0.39 is 11.2 Å². The minimum atomic E-state index is -0.653. The van der Waals surface area contributed by atoms with Crippen LogP contribution in [0.3, 0.4) is 0 Å². The molecule has 0 bridgehead atoms. The summed E-state index contributed by atoms with van der Waals surface area (Å²) in [7, 11) is 0. The standard InChI is InChI=1S/C8H18O2.C8H16O.C5H10O/c1-7(2,9)5-6-8(3,4)10;1-7(2)5-6-8(3,4)9-7;1-5-3-2-4-6-5/h9-10H,5-6H2,1-4H3;5-6H2,1-4H3;5H,2-4H2,1H3/i;;1T. The lowest BCUT2D eigenvalue weighted by Gasteiger charge is -2.23. The molecule has 2 aliphatic rings. The van der Waals surface area contributed by atoms with Crippen molar-refractivity contribution in [2.24, 2.45) is 0 Å². The maximum atomic E-state index is 9.27. The Morgan fingerprint density at radius 3 is 1.56 bits per heavy atom. The molecule has 0 aromatic carbocycles. The molecule has 2 rings (SSSR count). The second-order valence-electron chi connectivity index (χ2n) is 9.88. The Bertz CT molecular complexity index is 346. The van der Waals surface area contributed by atoms with Gasteiger partial charge in [0.15, 0.2) is 0 Å². The predicted molar refractivity (Wildman–Crippen MR) is 105 cm³/mol. The normalized spacial score (nSPS) is 25.4. The summed E-state index contributed by atoms with van der Waals surface area (Å²) in [5, 5.41) is 18.5. The molecule has 2 fully saturated rings. The Kier molecular flexibility index (Phi) is 8.86. The highest BCUT2D eigenvalue weighted by Gasteiger charge is 2.36. The van der Waals surface area contributed by atoms with Crippen molar-refractivity contribution in [2.75, 3.05) is 6.61 Å². The molecule has 2 saturated heterocycles. The number of rotatable bonds is 3. The smallest absolute Gasteiger partial charge is 0.0634 e. The molecule has 2 aliphatic heterocycles. The maximum absolute atomic E-state index is 9.27. The van der Waals surface area contributed by atoms with Gasteiger partial charge < -0.3 is 19.7 Å². The Balaban J connectivity index is 0.000000365. The van der Waals surface area contributed by atoms with E-state index in [2.05, 4.69) is 27.7 Å². The van der Waals surface area contributed by atoms with E-state index in [1.807, 2.05) is 0 Å². The fraction of sp³-hybridized carbons (Fsp3) is 1.00. The first-order chi connectivity index (χ1) is 11.6. The van der Waals surface area contributed by atoms with Crippen LogP contribution in [-0.4, -0.2) is 45.3 Å². The second-order valence-corrected chi connectivity index (χ2v) is 9.88. The third kappa shape index (κ3) is 15.8. The molecule has 4 heteroatoms. The molecule has 0 radical (unpaired) electrons. The average Bonchev–Trinajstić information content (AvgIpc) is 3.04. The van der Waals surface area contributed by atoms with Crippen LogP contribution in [0.5, 0.6) is 0 Å². The van der Waals surface area contributed by atoms with Crippen LogP contribution in [0.4, 0.5) is 0 Å². The molecule has 2 heterocycles. The van der Waals surface area contributed by atoms with Gasteiger partial charge in [0.1, 0.15) is 0 Å². The number of ether oxygens (including phenoxy) is 2. The number of hydrogen-bond donors (Lipinski definition) is 2. The van der Waals surface area contributed by atoms with Crippen LogP contribution < -0.4 is 0 Å². The summed E-state index contributed by atoms with van der Waals surface area (Å²) in [5.74, 6) is 0. The molecule has 4 nitrogen and oxygen atoms in total. The molecule has 25 heavy (non-hydrogen) atoms. The largest absolute Gasteiger partial charge is 0.390 e. The van der Waals surface area contributed by atoms with Crippen LogP contribution >= 0.6 is 0 Å². The van der Waals surface area contributed by atoms with Crippen LogP contribution in [0, 0.1) is 0 Å². The Hall–Kier alpha value is -0.160. The van der Waals surface area contributed by atoms with Crippen molar-refractivity contribution < 1.29 is 21.1 Å². The molecule has 0 aromatic heterocycles. The zero-order valence-electron chi connectivity index (χ0n) is 18.9. The zero-order valence-corrected chi connectivity index (χ0v) is 17.9. The fourth-order valence-electron chi connectivity index (χ4n) is 2.71. The molecule has 0 amide bonds. The van der Waals surface area contributed by atoms with Gasteiger partial charge in [-0.25, -0.2) is 0 Å². The first kappa shape index (κ1) is 22.9. The van der Waals surface area contributed by atoms with E-state index in [0.717, 1.165) is 19.4 Å². The molecule has 2 N–H and O–H groups in total. The Morgan fingerprint density at radius 1 is 0.960 bits per heavy atom. The number of aliphatic hydroxyl groups is 2. The first-order valence-electron chi connectivity index (χ1n) is 10.3. The lowest BCUT2D eigenvalue weighted by molar-refractivity contribution is -0.0643. The van der Waals surface area contributed by atoms with Crippen LogP contribution in [-0.2, 0) is 9.47 Å². The van der Waals surface area contributed by atoms with Crippen molar-refractivity contribution in [3.63, 3.8) is 0 Å². The van der Waals surface area contributed by atoms with E-state index in [1.165, 1.54) is 12.8 Å². The summed E-state index contributed by atoms with van der Waals surface area (Å²) in [6, 6.07) is 0. The molecular formula is C21H44O4. The molecule has 152 valence electrons. The molecule has 0 aliphatic carbocycles. The maximum Gasteiger partial charge on any atom is 0.0634 e. The number of hydrogen-bond acceptors (Lipinski definition) is 4. The quantitative estimate of drug-likeness (QED) is 0.753. The van der Waals surface area contributed by atoms with E-state index in [0.29, 0.717) is 19.7 Å². The zero-order chi connectivity index (χ0) is 20.6. The highest BCUT2D eigenvalue weighted by atomic mass is 16.5. The van der Waals surface area contributed by atoms with E-state index in [4.69, 9.17) is 10.8 Å². The van der Waals surface area contributed by atoms with Gasteiger partial charge in [0.05, 0.1) is 28.5 Å². The predicted octanol–water partition coefficient (Wildman–Crippen LogP) is 4.85. The highest BCUT2D eigenvalue weighted by molar-refractivity contribution is 4.86. The molecule has 0 spiro atoms. The van der Waals surface area contributed by atoms with Crippen molar-refractivity contribution in [3.8, 4) is 0 Å². The average molecular weight is 363 g/mol. The molecular weight excluding hydrogens is 316 g/mol. The molecule has 0 saturated carbocycles. The van der Waals surface area contributed by atoms with Crippen molar-refractivity contribution >= 4 is 0 Å². The minimum Gasteiger partial charge on any atom is -0.390 e. The van der Waals surface area contributed by atoms with Crippen LogP contribution in [0.1, 0.15) is 102 Å². The van der Waals surface area contributed by atoms with Crippen molar-refractivity contribution in [3.05, 3.63) is 0 Å². The van der Waals surface area contributed by atoms with Gasteiger partial charge in [0.25, 0.3) is 0 Å². The lowest BCUT2D eigenvalue weighted by atomic mass is 9.94. The molecule has 0 aromatic rings. The van der Waals surface area contributed by atoms with Gasteiger partial charge in [-0.15, -0.1) is 0 Å². The third-order valence-corrected chi connectivity index (χ3v) is 4.25. The summed E-state index contributed by atoms with van der Waals surface area (Å²) < 4.78 is 17.7. The van der Waals surface area contributed by atoms with Crippen molar-refractivity contribution in [2.45, 2.75) is 129 Å². The topological polar surface area (TPSA) is 58.9 Å². The second kappa shape index (κ2) is 9.68. The summed E-state index contributed by atoms with van der Waals surface area (Å²) in [5.41, 5.74) is -1.05. The first-order valence-corrected chi connectivity index (χ1v) is 9.61. The fourth-order valence-corrected chi connectivity index (χ4v) is 2.71. The van der Waals surface area contributed by atoms with Gasteiger partial charge in [-0.3, -0.25) is 0 Å². The van der Waals surface area contributed by atoms with Crippen LogP contribution in [0.25, 0.3) is 0 Å². The van der Waals surface area contributed by atoms with E-state index in [-0.39, 0.29) is 17.3 Å². The van der Waals surface area contributed by atoms with Gasteiger partial charge in [-0.1, -0.05) is 0 Å². The van der Waals surface area contributed by atoms with Gasteiger partial charge in [0.2, 0.25) is 0 Å². The van der Waals surface area contributed by atoms with Crippen LogP contribution in [0.2, 0.25) is 0 Å². The van der Waals surface area contributed by atoms with Crippen molar-refractivity contribution in [1.82, 2.24) is 0 Å². The van der Waals surface area contributed by atoms with Gasteiger partial charge in [-0.05, 0) is 101 Å². The van der Waals surface area contributed by atoms with Gasteiger partial charge in [0, 0.05) is 7.98 Å². The van der Waals surface area contributed by atoms with Crippen LogP contribution in [0.15, 0.2) is 0 Å². The van der Waals surface area contributed by atoms with E-state index in [9.17, 15) is 10.2 Å². The van der Waals surface area contributed by atoms with Crippen molar-refractivity contribution in [1.29, 1.82) is 0 Å². The molecule has 1 atom stereocenters. The highest BCUT2D eigenvalue weighted by Crippen LogP contribution is 2.36. The lowest BCUT2D eigenvalue weighted by Crippen LogP contribution is -2.26. The van der Waals surface area contributed by atoms with E-state index in [1.54, 1.807) is 27.7 Å². The summed E-state index contributed by atoms with van der Waals surface area (Å²) >= 11 is 0. The monoisotopic (exact) mass is 362 g/mol. The molecule has 1 unspecified atom stereocenters. The Labute approximate surface area is 157 Å². The van der Waals surface area contributed by atoms with E-state index >= 15 is 0 Å². The Morgan fingerprint density at radius 2 is 1.40 bits per heavy atom. The SMILES string of the molecule is CC(C)(O)CCC(C)(C)O.CC1(C)CCC(C)(C)O1.[3H]CC1CCCO1. The van der Waals surface area contributed by atoms with Gasteiger partial charge >= 0.3 is 0 Å².